The van der Waals surface area contributed by atoms with Crippen molar-refractivity contribution in [2.75, 3.05) is 0 Å². The molecule has 0 bridgehead atoms. The third-order valence-corrected chi connectivity index (χ3v) is 0.904. The van der Waals surface area contributed by atoms with Crippen molar-refractivity contribution in [3.8, 4) is 0 Å². The molecule has 0 rings (SSSR count). The smallest absolute Gasteiger partial charge is 0.371 e. The second-order valence-corrected chi connectivity index (χ2v) is 2.58. The van der Waals surface area contributed by atoms with E-state index >= 15 is 0 Å². The zero-order valence-electron chi connectivity index (χ0n) is 10.5. The summed E-state index contributed by atoms with van der Waals surface area (Å²) in [5.74, 6) is -6.61. The van der Waals surface area contributed by atoms with Gasteiger partial charge in [-0.2, -0.15) is 9.90 Å². The number of carbonyl (C=O) groups is 6. The molecule has 0 radical (unpaired) electrons. The van der Waals surface area contributed by atoms with Crippen molar-refractivity contribution in [1.29, 1.82) is 0 Å². The van der Waals surface area contributed by atoms with Gasteiger partial charge in [0.15, 0.2) is 0 Å². The van der Waals surface area contributed by atoms with Gasteiger partial charge in [-0.25, -0.2) is 14.4 Å². The molecule has 0 aliphatic rings. The first kappa shape index (κ1) is 25.6. The van der Waals surface area contributed by atoms with Crippen molar-refractivity contribution in [3.63, 3.8) is 0 Å². The van der Waals surface area contributed by atoms with Gasteiger partial charge in [-0.3, -0.25) is 14.4 Å². The molecule has 0 spiro atoms. The number of Topliss-reactive ketones (excluding diaryl/α,β-unsaturated/α-hetero) is 3. The van der Waals surface area contributed by atoms with Crippen molar-refractivity contribution in [2.45, 2.75) is 20.8 Å². The maximum atomic E-state index is 9.54. The summed E-state index contributed by atoms with van der Waals surface area (Å²) in [6.45, 7) is 3.01. The molecule has 10 heteroatoms. The number of rotatable bonds is 3. The Labute approximate surface area is 111 Å². The maximum absolute atomic E-state index is 9.54. The van der Waals surface area contributed by atoms with Gasteiger partial charge >= 0.3 is 17.9 Å². The largest absolute Gasteiger partial charge is 0.476 e. The van der Waals surface area contributed by atoms with Crippen LogP contribution in [0.3, 0.4) is 0 Å². The SMILES string of the molecule is CC(=O)C(=O)O.CC(=O)C(=O)O.CC(=O)C(=O)O.P. The van der Waals surface area contributed by atoms with E-state index in [4.69, 9.17) is 15.3 Å². The van der Waals surface area contributed by atoms with Gasteiger partial charge in [0.05, 0.1) is 0 Å². The van der Waals surface area contributed by atoms with Crippen LogP contribution in [0.2, 0.25) is 0 Å². The minimum Gasteiger partial charge on any atom is -0.476 e. The van der Waals surface area contributed by atoms with E-state index in [2.05, 4.69) is 0 Å². The molecule has 9 nitrogen and oxygen atoms in total. The van der Waals surface area contributed by atoms with Crippen LogP contribution < -0.4 is 0 Å². The van der Waals surface area contributed by atoms with Crippen molar-refractivity contribution in [1.82, 2.24) is 0 Å². The molecule has 3 N–H and O–H groups in total. The molecule has 0 aromatic rings. The Morgan fingerprint density at radius 1 is 0.526 bits per heavy atom. The van der Waals surface area contributed by atoms with E-state index in [0.29, 0.717) is 0 Å². The van der Waals surface area contributed by atoms with Crippen LogP contribution in [0.15, 0.2) is 0 Å². The average Bonchev–Trinajstić information content (AvgIpc) is 2.18. The predicted molar refractivity (Wildman–Crippen MR) is 66.1 cm³/mol. The molecule has 1 unspecified atom stereocenters. The number of aliphatic carboxylic acids is 3. The molecule has 0 fully saturated rings. The zero-order chi connectivity index (χ0) is 15.5. The molecule has 0 aromatic carbocycles. The highest BCUT2D eigenvalue weighted by atomic mass is 31.0. The standard InChI is InChI=1S/3C3H4O3.H3P/c3*1-2(4)3(5)6;/h3*1H3,(H,5,6);1H3. The highest BCUT2D eigenvalue weighted by Crippen LogP contribution is 1.62. The van der Waals surface area contributed by atoms with Crippen LogP contribution in [0.4, 0.5) is 0 Å². The second-order valence-electron chi connectivity index (χ2n) is 2.58. The van der Waals surface area contributed by atoms with Gasteiger partial charge in [-0.15, -0.1) is 0 Å². The van der Waals surface area contributed by atoms with Gasteiger partial charge in [0.1, 0.15) is 0 Å². The fraction of sp³-hybridized carbons (Fsp3) is 0.333. The predicted octanol–water partition coefficient (Wildman–Crippen LogP) is -0.962. The molecule has 0 aliphatic heterocycles. The van der Waals surface area contributed by atoms with Gasteiger partial charge in [0.25, 0.3) is 0 Å². The summed E-state index contributed by atoms with van der Waals surface area (Å²) in [4.78, 5) is 56.7. The summed E-state index contributed by atoms with van der Waals surface area (Å²) < 4.78 is 0. The number of hydrogen-bond acceptors (Lipinski definition) is 6. The van der Waals surface area contributed by atoms with Crippen LogP contribution in [-0.4, -0.2) is 50.6 Å². The monoisotopic (exact) mass is 298 g/mol. The number of ketones is 3. The fourth-order valence-electron chi connectivity index (χ4n) is 0. The number of hydrogen-bond donors (Lipinski definition) is 3. The second kappa shape index (κ2) is 13.9. The van der Waals surface area contributed by atoms with Gasteiger partial charge in [0.2, 0.25) is 17.3 Å². The lowest BCUT2D eigenvalue weighted by molar-refractivity contribution is -0.148. The summed E-state index contributed by atoms with van der Waals surface area (Å²) in [6, 6.07) is 0. The average molecular weight is 298 g/mol. The molecule has 110 valence electrons. The van der Waals surface area contributed by atoms with Crippen molar-refractivity contribution in [3.05, 3.63) is 0 Å². The Balaban J connectivity index is -0.0000000865. The third-order valence-electron chi connectivity index (χ3n) is 0.904. The molecule has 0 amide bonds. The highest BCUT2D eigenvalue weighted by Gasteiger charge is 1.99. The summed E-state index contributed by atoms with van der Waals surface area (Å²) in [6.07, 6.45) is 0. The van der Waals surface area contributed by atoms with Gasteiger partial charge < -0.3 is 15.3 Å². The Morgan fingerprint density at radius 2 is 0.579 bits per heavy atom. The van der Waals surface area contributed by atoms with E-state index in [1.165, 1.54) is 0 Å². The molecule has 1 atom stereocenters. The number of carbonyl (C=O) groups excluding carboxylic acids is 3. The third kappa shape index (κ3) is 31.3. The molecular formula is C9H15O9P. The Hall–Kier alpha value is -2.15. The van der Waals surface area contributed by atoms with E-state index in [0.717, 1.165) is 20.8 Å². The van der Waals surface area contributed by atoms with Crippen LogP contribution >= 0.6 is 9.90 Å². The van der Waals surface area contributed by atoms with Crippen LogP contribution in [0, 0.1) is 0 Å². The molecule has 0 saturated carbocycles. The maximum Gasteiger partial charge on any atom is 0.371 e. The lowest BCUT2D eigenvalue weighted by atomic mass is 10.5. The number of carboxylic acid groups (broad SMARTS) is 3. The first-order valence-electron chi connectivity index (χ1n) is 4.15. The van der Waals surface area contributed by atoms with Gasteiger partial charge in [-0.05, 0) is 0 Å². The quantitative estimate of drug-likeness (QED) is 0.439. The Bertz CT molecular complexity index is 279. The van der Waals surface area contributed by atoms with Crippen LogP contribution in [0.25, 0.3) is 0 Å². The van der Waals surface area contributed by atoms with Gasteiger partial charge in [-0.1, -0.05) is 0 Å². The Kier molecular flexibility index (Phi) is 18.8. The summed E-state index contributed by atoms with van der Waals surface area (Å²) in [5, 5.41) is 22.9. The first-order chi connectivity index (χ1) is 7.93. The van der Waals surface area contributed by atoms with Crippen LogP contribution in [-0.2, 0) is 28.8 Å². The van der Waals surface area contributed by atoms with E-state index in [9.17, 15) is 28.8 Å². The minimum atomic E-state index is -1.38. The lowest BCUT2D eigenvalue weighted by Gasteiger charge is -1.73. The first-order valence-corrected chi connectivity index (χ1v) is 4.15. The van der Waals surface area contributed by atoms with Crippen molar-refractivity contribution < 1.29 is 44.1 Å². The molecule has 0 heterocycles. The van der Waals surface area contributed by atoms with E-state index in [-0.39, 0.29) is 9.90 Å². The summed E-state index contributed by atoms with van der Waals surface area (Å²) >= 11 is 0. The van der Waals surface area contributed by atoms with Crippen molar-refractivity contribution >= 4 is 45.2 Å². The minimum absolute atomic E-state index is 0. The summed E-state index contributed by atoms with van der Waals surface area (Å²) in [7, 11) is 0. The molecule has 0 aliphatic carbocycles. The topological polar surface area (TPSA) is 163 Å². The van der Waals surface area contributed by atoms with E-state index in [1.54, 1.807) is 0 Å². The van der Waals surface area contributed by atoms with Gasteiger partial charge in [0, 0.05) is 20.8 Å². The number of carboxylic acids is 3. The lowest BCUT2D eigenvalue weighted by Crippen LogP contribution is -2.05. The van der Waals surface area contributed by atoms with Crippen LogP contribution in [0.1, 0.15) is 20.8 Å². The normalized spacial score (nSPS) is 7.11. The molecule has 0 aromatic heterocycles. The van der Waals surface area contributed by atoms with Crippen molar-refractivity contribution in [2.24, 2.45) is 0 Å². The molecular weight excluding hydrogens is 283 g/mol. The molecule has 0 saturated heterocycles. The fourth-order valence-corrected chi connectivity index (χ4v) is 0. The molecule has 19 heavy (non-hydrogen) atoms. The summed E-state index contributed by atoms with van der Waals surface area (Å²) in [5.41, 5.74) is 0. The van der Waals surface area contributed by atoms with Crippen LogP contribution in [0.5, 0.6) is 0 Å². The van der Waals surface area contributed by atoms with E-state index in [1.807, 2.05) is 0 Å². The Morgan fingerprint density at radius 3 is 0.579 bits per heavy atom. The highest BCUT2D eigenvalue weighted by molar-refractivity contribution is 6.92. The van der Waals surface area contributed by atoms with E-state index < -0.39 is 35.3 Å². The zero-order valence-corrected chi connectivity index (χ0v) is 11.9.